The van der Waals surface area contributed by atoms with Crippen molar-refractivity contribution >= 4 is 5.91 Å². The lowest BCUT2D eigenvalue weighted by Gasteiger charge is -2.26. The van der Waals surface area contributed by atoms with Gasteiger partial charge in [0.15, 0.2) is 0 Å². The zero-order valence-corrected chi connectivity index (χ0v) is 11.2. The molecule has 4 heteroatoms. The summed E-state index contributed by atoms with van der Waals surface area (Å²) < 4.78 is 0. The Hall–Kier alpha value is -1.89. The number of carbonyl (C=O) groups excluding carboxylic acids is 1. The van der Waals surface area contributed by atoms with E-state index in [4.69, 9.17) is 0 Å². The summed E-state index contributed by atoms with van der Waals surface area (Å²) in [6.07, 6.45) is 7.25. The maximum atomic E-state index is 12.1. The van der Waals surface area contributed by atoms with E-state index in [-0.39, 0.29) is 11.9 Å². The van der Waals surface area contributed by atoms with Crippen molar-refractivity contribution in [2.45, 2.75) is 45.1 Å². The molecule has 1 aliphatic carbocycles. The number of nitrogens with one attached hydrogen (secondary N) is 1. The second kappa shape index (κ2) is 6.33. The summed E-state index contributed by atoms with van der Waals surface area (Å²) in [4.78, 5) is 16.2. The molecule has 0 radical (unpaired) electrons. The van der Waals surface area contributed by atoms with E-state index in [2.05, 4.69) is 16.4 Å². The molecule has 1 aliphatic rings. The lowest BCUT2D eigenvalue weighted by Crippen LogP contribution is -2.40. The first-order valence-electron chi connectivity index (χ1n) is 6.84. The van der Waals surface area contributed by atoms with Crippen molar-refractivity contribution in [1.29, 1.82) is 5.26 Å². The van der Waals surface area contributed by atoms with E-state index in [1.165, 1.54) is 6.42 Å². The summed E-state index contributed by atoms with van der Waals surface area (Å²) in [6.45, 7) is 1.85. The van der Waals surface area contributed by atoms with E-state index in [0.29, 0.717) is 11.5 Å². The highest BCUT2D eigenvalue weighted by Gasteiger charge is 2.25. The Morgan fingerprint density at radius 1 is 1.47 bits per heavy atom. The van der Waals surface area contributed by atoms with Gasteiger partial charge in [0.2, 0.25) is 0 Å². The fourth-order valence-corrected chi connectivity index (χ4v) is 2.63. The number of aryl methyl sites for hydroxylation is 1. The van der Waals surface area contributed by atoms with Crippen LogP contribution in [-0.4, -0.2) is 16.9 Å². The number of hydrogen-bond donors (Lipinski definition) is 1. The zero-order chi connectivity index (χ0) is 13.7. The number of aromatic nitrogens is 1. The Morgan fingerprint density at radius 2 is 2.21 bits per heavy atom. The van der Waals surface area contributed by atoms with Gasteiger partial charge >= 0.3 is 0 Å². The van der Waals surface area contributed by atoms with Crippen LogP contribution < -0.4 is 5.32 Å². The Bertz CT molecular complexity index is 486. The molecule has 1 N–H and O–H groups in total. The molecule has 2 rings (SSSR count). The smallest absolute Gasteiger partial charge is 0.252 e. The van der Waals surface area contributed by atoms with Crippen LogP contribution in [0.4, 0.5) is 0 Å². The Morgan fingerprint density at radius 3 is 2.84 bits per heavy atom. The van der Waals surface area contributed by atoms with Crippen LogP contribution in [-0.2, 0) is 0 Å². The molecule has 1 heterocycles. The van der Waals surface area contributed by atoms with E-state index < -0.39 is 0 Å². The van der Waals surface area contributed by atoms with Crippen LogP contribution in [0.5, 0.6) is 0 Å². The van der Waals surface area contributed by atoms with E-state index in [1.807, 2.05) is 6.92 Å². The number of amides is 1. The van der Waals surface area contributed by atoms with Gasteiger partial charge in [-0.2, -0.15) is 5.26 Å². The van der Waals surface area contributed by atoms with Crippen LogP contribution in [0, 0.1) is 24.2 Å². The molecule has 0 saturated heterocycles. The summed E-state index contributed by atoms with van der Waals surface area (Å²) in [5.41, 5.74) is 1.38. The van der Waals surface area contributed by atoms with Gasteiger partial charge in [-0.15, -0.1) is 0 Å². The fraction of sp³-hybridized carbons (Fsp3) is 0.533. The molecule has 1 unspecified atom stereocenters. The third-order valence-electron chi connectivity index (χ3n) is 3.71. The van der Waals surface area contributed by atoms with Crippen LogP contribution in [0.3, 0.4) is 0 Å². The van der Waals surface area contributed by atoms with Gasteiger partial charge in [0, 0.05) is 17.5 Å². The highest BCUT2D eigenvalue weighted by Crippen LogP contribution is 2.26. The van der Waals surface area contributed by atoms with E-state index in [9.17, 15) is 10.1 Å². The molecule has 100 valence electrons. The number of carbonyl (C=O) groups is 1. The van der Waals surface area contributed by atoms with Crippen LogP contribution in [0.2, 0.25) is 0 Å². The highest BCUT2D eigenvalue weighted by molar-refractivity contribution is 5.94. The Balaban J connectivity index is 2.02. The second-order valence-electron chi connectivity index (χ2n) is 5.16. The first-order chi connectivity index (χ1) is 9.20. The van der Waals surface area contributed by atoms with Crippen LogP contribution in [0.15, 0.2) is 18.3 Å². The molecular weight excluding hydrogens is 238 g/mol. The molecule has 0 aromatic carbocycles. The maximum absolute atomic E-state index is 12.1. The Kier molecular flexibility index (Phi) is 4.51. The SMILES string of the molecule is Cc1cc(C(=O)NC(C#N)C2CCCCC2)ccn1. The molecular formula is C15H19N3O. The van der Waals surface area contributed by atoms with E-state index >= 15 is 0 Å². The van der Waals surface area contributed by atoms with Gasteiger partial charge < -0.3 is 5.32 Å². The predicted octanol–water partition coefficient (Wildman–Crippen LogP) is 2.59. The van der Waals surface area contributed by atoms with Gasteiger partial charge in [-0.05, 0) is 37.8 Å². The number of nitrogens with zero attached hydrogens (tertiary/aromatic N) is 2. The van der Waals surface area contributed by atoms with Gasteiger partial charge in [0.1, 0.15) is 6.04 Å². The average molecular weight is 257 g/mol. The quantitative estimate of drug-likeness (QED) is 0.905. The summed E-state index contributed by atoms with van der Waals surface area (Å²) in [5, 5.41) is 12.1. The van der Waals surface area contributed by atoms with Crippen LogP contribution in [0.25, 0.3) is 0 Å². The summed E-state index contributed by atoms with van der Waals surface area (Å²) in [5.74, 6) is 0.119. The number of pyridine rings is 1. The molecule has 0 bridgehead atoms. The molecule has 0 aliphatic heterocycles. The van der Waals surface area contributed by atoms with Gasteiger partial charge in [0.25, 0.3) is 5.91 Å². The molecule has 19 heavy (non-hydrogen) atoms. The predicted molar refractivity (Wildman–Crippen MR) is 72.4 cm³/mol. The number of hydrogen-bond acceptors (Lipinski definition) is 3. The van der Waals surface area contributed by atoms with Crippen molar-refractivity contribution in [2.24, 2.45) is 5.92 Å². The molecule has 0 spiro atoms. The lowest BCUT2D eigenvalue weighted by molar-refractivity contribution is 0.0928. The van der Waals surface area contributed by atoms with Gasteiger partial charge in [-0.1, -0.05) is 19.3 Å². The van der Waals surface area contributed by atoms with Crippen molar-refractivity contribution in [3.8, 4) is 6.07 Å². The van der Waals surface area contributed by atoms with Gasteiger partial charge in [-0.3, -0.25) is 9.78 Å². The van der Waals surface area contributed by atoms with Gasteiger partial charge in [-0.25, -0.2) is 0 Å². The Labute approximate surface area is 113 Å². The summed E-state index contributed by atoms with van der Waals surface area (Å²) in [7, 11) is 0. The van der Waals surface area contributed by atoms with E-state index in [1.54, 1.807) is 18.3 Å². The normalized spacial score (nSPS) is 17.5. The standard InChI is InChI=1S/C15H19N3O/c1-11-9-13(7-8-17-11)15(19)18-14(10-16)12-5-3-2-4-6-12/h7-9,12,14H,2-6H2,1H3,(H,18,19). The third-order valence-corrected chi connectivity index (χ3v) is 3.71. The molecule has 4 nitrogen and oxygen atoms in total. The summed E-state index contributed by atoms with van der Waals surface area (Å²) >= 11 is 0. The minimum atomic E-state index is -0.374. The van der Waals surface area contributed by atoms with E-state index in [0.717, 1.165) is 31.4 Å². The second-order valence-corrected chi connectivity index (χ2v) is 5.16. The molecule has 1 aromatic heterocycles. The van der Waals surface area contributed by atoms with Crippen molar-refractivity contribution in [1.82, 2.24) is 10.3 Å². The minimum Gasteiger partial charge on any atom is -0.336 e. The third kappa shape index (κ3) is 3.54. The van der Waals surface area contributed by atoms with Gasteiger partial charge in [0.05, 0.1) is 6.07 Å². The molecule has 1 amide bonds. The van der Waals surface area contributed by atoms with Crippen molar-refractivity contribution in [3.05, 3.63) is 29.6 Å². The fourth-order valence-electron chi connectivity index (χ4n) is 2.63. The van der Waals surface area contributed by atoms with Crippen molar-refractivity contribution in [3.63, 3.8) is 0 Å². The summed E-state index contributed by atoms with van der Waals surface area (Å²) in [6, 6.07) is 5.28. The average Bonchev–Trinajstić information content (AvgIpc) is 2.45. The number of rotatable bonds is 3. The number of nitriles is 1. The van der Waals surface area contributed by atoms with Crippen LogP contribution in [0.1, 0.15) is 48.2 Å². The molecule has 1 atom stereocenters. The lowest BCUT2D eigenvalue weighted by atomic mass is 9.84. The maximum Gasteiger partial charge on any atom is 0.252 e. The van der Waals surface area contributed by atoms with Crippen molar-refractivity contribution < 1.29 is 4.79 Å². The zero-order valence-electron chi connectivity index (χ0n) is 11.2. The molecule has 1 aromatic rings. The largest absolute Gasteiger partial charge is 0.336 e. The van der Waals surface area contributed by atoms with Crippen molar-refractivity contribution in [2.75, 3.05) is 0 Å². The van der Waals surface area contributed by atoms with Crippen LogP contribution >= 0.6 is 0 Å². The first kappa shape index (κ1) is 13.5. The highest BCUT2D eigenvalue weighted by atomic mass is 16.1. The molecule has 1 saturated carbocycles. The first-order valence-corrected chi connectivity index (χ1v) is 6.84. The monoisotopic (exact) mass is 257 g/mol. The topological polar surface area (TPSA) is 65.8 Å². The minimum absolute atomic E-state index is 0.178. The molecule has 1 fully saturated rings.